The van der Waals surface area contributed by atoms with E-state index in [9.17, 15) is 0 Å². The molecule has 0 spiro atoms. The topological polar surface area (TPSA) is 8.17 Å². The summed E-state index contributed by atoms with van der Waals surface area (Å²) in [6.07, 6.45) is 6.81. The third-order valence-electron chi connectivity index (χ3n) is 11.0. The average Bonchev–Trinajstić information content (AvgIpc) is 3.74. The lowest BCUT2D eigenvalue weighted by atomic mass is 9.94. The Morgan fingerprint density at radius 3 is 2.00 bits per heavy atom. The molecule has 0 saturated carbocycles. The molecule has 0 N–H and O–H groups in total. The minimum atomic E-state index is 0.956. The van der Waals surface area contributed by atoms with Crippen LogP contribution in [0.5, 0.6) is 0 Å². The SMILES string of the molecule is C1=C(c2ccc3sc4ccccc4c3c2)C=C(N2c3ccccc3-c3c(n(-c4ccccc4)c4c(-c5ccccc5)cccc34)-c3ccccc32)CC1. The van der Waals surface area contributed by atoms with E-state index in [4.69, 9.17) is 0 Å². The molecule has 9 aromatic rings. The lowest BCUT2D eigenvalue weighted by Gasteiger charge is -2.31. The van der Waals surface area contributed by atoms with Crippen molar-refractivity contribution in [2.45, 2.75) is 12.8 Å². The molecule has 0 unspecified atom stereocenters. The molecule has 0 saturated heterocycles. The number of allylic oxidation sites excluding steroid dienone is 4. The molecule has 250 valence electrons. The molecule has 0 radical (unpaired) electrons. The van der Waals surface area contributed by atoms with Crippen LogP contribution in [0.2, 0.25) is 0 Å². The van der Waals surface area contributed by atoms with Gasteiger partial charge in [-0.2, -0.15) is 0 Å². The van der Waals surface area contributed by atoms with Crippen molar-refractivity contribution in [3.05, 3.63) is 193 Å². The predicted octanol–water partition coefficient (Wildman–Crippen LogP) is 14.2. The third-order valence-corrected chi connectivity index (χ3v) is 12.1. The zero-order valence-electron chi connectivity index (χ0n) is 29.0. The van der Waals surface area contributed by atoms with Crippen molar-refractivity contribution < 1.29 is 0 Å². The molecule has 0 fully saturated rings. The van der Waals surface area contributed by atoms with Gasteiger partial charge in [-0.05, 0) is 78.1 Å². The highest BCUT2D eigenvalue weighted by atomic mass is 32.1. The molecule has 1 aliphatic carbocycles. The number of hydrogen-bond acceptors (Lipinski definition) is 2. The van der Waals surface area contributed by atoms with Crippen LogP contribution in [0.3, 0.4) is 0 Å². The summed E-state index contributed by atoms with van der Waals surface area (Å²) in [5, 5.41) is 3.93. The maximum Gasteiger partial charge on any atom is 0.0641 e. The van der Waals surface area contributed by atoms with Gasteiger partial charge in [0.25, 0.3) is 0 Å². The second kappa shape index (κ2) is 12.1. The molecule has 7 aromatic carbocycles. The number of fused-ring (bicyclic) bond motifs is 10. The van der Waals surface area contributed by atoms with Gasteiger partial charge in [-0.1, -0.05) is 133 Å². The van der Waals surface area contributed by atoms with E-state index in [1.54, 1.807) is 0 Å². The normalized spacial score (nSPS) is 13.7. The van der Waals surface area contributed by atoms with Crippen LogP contribution in [0.1, 0.15) is 18.4 Å². The van der Waals surface area contributed by atoms with Crippen molar-refractivity contribution in [3.8, 4) is 39.2 Å². The van der Waals surface area contributed by atoms with Gasteiger partial charge in [0.15, 0.2) is 0 Å². The Morgan fingerprint density at radius 2 is 1.15 bits per heavy atom. The quantitative estimate of drug-likeness (QED) is 0.178. The van der Waals surface area contributed by atoms with E-state index in [0.29, 0.717) is 0 Å². The Hall–Kier alpha value is -6.42. The third kappa shape index (κ3) is 4.71. The zero-order valence-corrected chi connectivity index (χ0v) is 29.9. The highest BCUT2D eigenvalue weighted by Gasteiger charge is 2.33. The van der Waals surface area contributed by atoms with E-state index in [0.717, 1.165) is 18.5 Å². The monoisotopic (exact) mass is 694 g/mol. The van der Waals surface area contributed by atoms with Crippen molar-refractivity contribution in [2.75, 3.05) is 4.90 Å². The van der Waals surface area contributed by atoms with Crippen LogP contribution >= 0.6 is 11.3 Å². The van der Waals surface area contributed by atoms with Crippen LogP contribution in [0.15, 0.2) is 188 Å². The second-order valence-electron chi connectivity index (χ2n) is 14.0. The summed E-state index contributed by atoms with van der Waals surface area (Å²) in [4.78, 5) is 2.55. The van der Waals surface area contributed by atoms with Gasteiger partial charge in [-0.25, -0.2) is 0 Å². The summed E-state index contributed by atoms with van der Waals surface area (Å²) in [7, 11) is 0. The van der Waals surface area contributed by atoms with Gasteiger partial charge in [0.1, 0.15) is 0 Å². The number of benzene rings is 7. The first kappa shape index (κ1) is 30.2. The number of thiophene rings is 1. The van der Waals surface area contributed by atoms with Crippen LogP contribution in [0, 0.1) is 0 Å². The molecule has 2 aliphatic rings. The largest absolute Gasteiger partial charge is 0.313 e. The van der Waals surface area contributed by atoms with E-state index in [2.05, 4.69) is 191 Å². The summed E-state index contributed by atoms with van der Waals surface area (Å²) < 4.78 is 5.20. The predicted molar refractivity (Wildman–Crippen MR) is 226 cm³/mol. The standard InChI is InChI=1S/C50H34N2S/c1-3-15-33(16-4-1)38-24-14-25-42-48-40-22-7-10-26-44(40)51(45-27-11-8-23-41(45)50(48)52(49(38)42)36-18-5-2-6-19-36)37-20-13-17-34(31-37)35-29-30-47-43(32-35)39-21-9-12-28-46(39)53-47/h1-12,14-19,21-32H,13,20H2. The number of anilines is 2. The van der Waals surface area contributed by atoms with Crippen molar-refractivity contribution in [1.29, 1.82) is 0 Å². The average molecular weight is 695 g/mol. The van der Waals surface area contributed by atoms with Gasteiger partial charge in [-0.15, -0.1) is 11.3 Å². The lowest BCUT2D eigenvalue weighted by Crippen LogP contribution is -2.18. The van der Waals surface area contributed by atoms with Gasteiger partial charge in [0.05, 0.1) is 22.6 Å². The van der Waals surface area contributed by atoms with Gasteiger partial charge in [-0.3, -0.25) is 0 Å². The van der Waals surface area contributed by atoms with E-state index >= 15 is 0 Å². The maximum atomic E-state index is 2.55. The number of nitrogens with zero attached hydrogens (tertiary/aromatic N) is 2. The summed E-state index contributed by atoms with van der Waals surface area (Å²) >= 11 is 1.88. The van der Waals surface area contributed by atoms with E-state index in [-0.39, 0.29) is 0 Å². The van der Waals surface area contributed by atoms with Gasteiger partial charge in [0, 0.05) is 59.2 Å². The Morgan fingerprint density at radius 1 is 0.491 bits per heavy atom. The van der Waals surface area contributed by atoms with E-state index < -0.39 is 0 Å². The Kier molecular flexibility index (Phi) is 6.89. The minimum Gasteiger partial charge on any atom is -0.313 e. The Bertz CT molecular complexity index is 2940. The number of rotatable bonds is 4. The van der Waals surface area contributed by atoms with Crippen LogP contribution in [0.4, 0.5) is 11.4 Å². The molecule has 53 heavy (non-hydrogen) atoms. The Labute approximate surface area is 312 Å². The molecular formula is C50H34N2S. The first-order valence-corrected chi connectivity index (χ1v) is 19.2. The second-order valence-corrected chi connectivity index (χ2v) is 15.1. The first-order chi connectivity index (χ1) is 26.3. The molecule has 1 aliphatic heterocycles. The van der Waals surface area contributed by atoms with Crippen LogP contribution in [0.25, 0.3) is 75.8 Å². The molecule has 0 amide bonds. The van der Waals surface area contributed by atoms with Crippen molar-refractivity contribution in [3.63, 3.8) is 0 Å². The Balaban J connectivity index is 1.17. The molecule has 3 heterocycles. The summed E-state index contributed by atoms with van der Waals surface area (Å²) in [5.41, 5.74) is 16.1. The highest BCUT2D eigenvalue weighted by molar-refractivity contribution is 7.25. The highest BCUT2D eigenvalue weighted by Crippen LogP contribution is 2.55. The number of para-hydroxylation sites is 4. The van der Waals surface area contributed by atoms with Gasteiger partial charge in [0.2, 0.25) is 0 Å². The molecule has 11 rings (SSSR count). The smallest absolute Gasteiger partial charge is 0.0641 e. The number of hydrogen-bond donors (Lipinski definition) is 0. The zero-order chi connectivity index (χ0) is 34.9. The van der Waals surface area contributed by atoms with Crippen LogP contribution in [-0.4, -0.2) is 4.57 Å². The lowest BCUT2D eigenvalue weighted by molar-refractivity contribution is 0.922. The van der Waals surface area contributed by atoms with Gasteiger partial charge < -0.3 is 9.47 Å². The van der Waals surface area contributed by atoms with Gasteiger partial charge >= 0.3 is 0 Å². The maximum absolute atomic E-state index is 2.55. The summed E-state index contributed by atoms with van der Waals surface area (Å²) in [6.45, 7) is 0. The van der Waals surface area contributed by atoms with Crippen molar-refractivity contribution >= 4 is 59.4 Å². The molecule has 0 atom stereocenters. The van der Waals surface area contributed by atoms with Crippen molar-refractivity contribution in [2.24, 2.45) is 0 Å². The minimum absolute atomic E-state index is 0.956. The van der Waals surface area contributed by atoms with E-state index in [1.807, 2.05) is 11.3 Å². The summed E-state index contributed by atoms with van der Waals surface area (Å²) in [5.74, 6) is 0. The molecule has 2 aromatic heterocycles. The molecular weight excluding hydrogens is 661 g/mol. The van der Waals surface area contributed by atoms with Crippen molar-refractivity contribution in [1.82, 2.24) is 4.57 Å². The fraction of sp³-hybridized carbons (Fsp3) is 0.0400. The molecule has 0 bridgehead atoms. The fourth-order valence-electron chi connectivity index (χ4n) is 8.71. The van der Waals surface area contributed by atoms with Crippen LogP contribution < -0.4 is 4.90 Å². The first-order valence-electron chi connectivity index (χ1n) is 18.4. The molecule has 2 nitrogen and oxygen atoms in total. The van der Waals surface area contributed by atoms with Crippen LogP contribution in [-0.2, 0) is 0 Å². The van der Waals surface area contributed by atoms with E-state index in [1.165, 1.54) is 92.8 Å². The molecule has 3 heteroatoms. The number of aromatic nitrogens is 1. The summed E-state index contributed by atoms with van der Waals surface area (Å²) in [6, 6.07) is 62.4. The fourth-order valence-corrected chi connectivity index (χ4v) is 9.79.